The Hall–Kier alpha value is -1.37. The summed E-state index contributed by atoms with van der Waals surface area (Å²) in [7, 11) is 0. The highest BCUT2D eigenvalue weighted by molar-refractivity contribution is 14.1. The third-order valence-corrected chi connectivity index (χ3v) is 2.89. The van der Waals surface area contributed by atoms with Crippen LogP contribution in [-0.2, 0) is 0 Å². The molecule has 5 heteroatoms. The molecule has 0 saturated heterocycles. The number of para-hydroxylation sites is 1. The normalized spacial score (nSPS) is 10.2. The van der Waals surface area contributed by atoms with Gasteiger partial charge < -0.3 is 5.73 Å². The van der Waals surface area contributed by atoms with Crippen molar-refractivity contribution in [3.63, 3.8) is 0 Å². The number of hydrogen-bond donors (Lipinski definition) is 1. The molecule has 0 fully saturated rings. The Balaban J connectivity index is 2.59. The van der Waals surface area contributed by atoms with Gasteiger partial charge in [0, 0.05) is 3.57 Å². The Morgan fingerprint density at radius 1 is 1.33 bits per heavy atom. The first-order chi connectivity index (χ1) is 7.20. The van der Waals surface area contributed by atoms with Crippen LogP contribution in [0.4, 0.5) is 0 Å². The lowest BCUT2D eigenvalue weighted by molar-refractivity contribution is 0.0993. The van der Waals surface area contributed by atoms with E-state index in [9.17, 15) is 4.79 Å². The van der Waals surface area contributed by atoms with E-state index in [0.717, 1.165) is 9.26 Å². The number of hydrogen-bond acceptors (Lipinski definition) is 2. The van der Waals surface area contributed by atoms with Crippen molar-refractivity contribution in [3.05, 3.63) is 45.8 Å². The van der Waals surface area contributed by atoms with Crippen molar-refractivity contribution in [2.75, 3.05) is 0 Å². The van der Waals surface area contributed by atoms with Gasteiger partial charge in [-0.1, -0.05) is 12.1 Å². The molecule has 0 atom stereocenters. The monoisotopic (exact) mass is 313 g/mol. The largest absolute Gasteiger partial charge is 0.364 e. The van der Waals surface area contributed by atoms with E-state index >= 15 is 0 Å². The van der Waals surface area contributed by atoms with Crippen LogP contribution >= 0.6 is 22.6 Å². The van der Waals surface area contributed by atoms with E-state index in [1.807, 2.05) is 24.3 Å². The molecule has 0 aliphatic heterocycles. The summed E-state index contributed by atoms with van der Waals surface area (Å²) in [5.41, 5.74) is 6.49. The minimum atomic E-state index is -0.479. The van der Waals surface area contributed by atoms with Gasteiger partial charge in [-0.15, -0.1) is 0 Å². The standard InChI is InChI=1S/C10H8IN3O/c11-7-3-1-2-4-8(7)14-9(10(12)15)5-6-13-14/h1-6H,(H2,12,15). The number of halogens is 1. The van der Waals surface area contributed by atoms with Gasteiger partial charge >= 0.3 is 0 Å². The Kier molecular flexibility index (Phi) is 2.72. The van der Waals surface area contributed by atoms with Crippen LogP contribution in [0.15, 0.2) is 36.5 Å². The summed E-state index contributed by atoms with van der Waals surface area (Å²) < 4.78 is 2.56. The lowest BCUT2D eigenvalue weighted by Gasteiger charge is -2.06. The third-order valence-electron chi connectivity index (χ3n) is 1.98. The minimum Gasteiger partial charge on any atom is -0.364 e. The van der Waals surface area contributed by atoms with E-state index in [1.165, 1.54) is 0 Å². The zero-order valence-electron chi connectivity index (χ0n) is 7.72. The lowest BCUT2D eigenvalue weighted by Crippen LogP contribution is -2.17. The predicted molar refractivity (Wildman–Crippen MR) is 64.8 cm³/mol. The summed E-state index contributed by atoms with van der Waals surface area (Å²) in [5, 5.41) is 4.08. The van der Waals surface area contributed by atoms with Crippen molar-refractivity contribution in [2.24, 2.45) is 5.73 Å². The summed E-state index contributed by atoms with van der Waals surface area (Å²) in [6.45, 7) is 0. The molecule has 1 amide bonds. The molecule has 1 aromatic heterocycles. The number of aromatic nitrogens is 2. The Morgan fingerprint density at radius 2 is 2.07 bits per heavy atom. The fraction of sp³-hybridized carbons (Fsp3) is 0. The quantitative estimate of drug-likeness (QED) is 0.856. The smallest absolute Gasteiger partial charge is 0.267 e. The van der Waals surface area contributed by atoms with Crippen molar-refractivity contribution in [2.45, 2.75) is 0 Å². The first-order valence-electron chi connectivity index (χ1n) is 4.29. The Bertz CT molecular complexity index is 507. The van der Waals surface area contributed by atoms with Crippen LogP contribution in [0.1, 0.15) is 10.5 Å². The van der Waals surface area contributed by atoms with Crippen LogP contribution in [0, 0.1) is 3.57 Å². The molecular formula is C10H8IN3O. The average Bonchev–Trinajstić information content (AvgIpc) is 2.67. The van der Waals surface area contributed by atoms with Crippen molar-refractivity contribution in [1.82, 2.24) is 9.78 Å². The van der Waals surface area contributed by atoms with Gasteiger partial charge in [-0.3, -0.25) is 4.79 Å². The number of benzene rings is 1. The van der Waals surface area contributed by atoms with E-state index in [0.29, 0.717) is 5.69 Å². The number of nitrogens with zero attached hydrogens (tertiary/aromatic N) is 2. The van der Waals surface area contributed by atoms with E-state index in [2.05, 4.69) is 27.7 Å². The van der Waals surface area contributed by atoms with Crippen LogP contribution < -0.4 is 5.73 Å². The first kappa shape index (κ1) is 10.2. The highest BCUT2D eigenvalue weighted by Crippen LogP contribution is 2.17. The summed E-state index contributed by atoms with van der Waals surface area (Å²) >= 11 is 2.19. The number of primary amides is 1. The average molecular weight is 313 g/mol. The van der Waals surface area contributed by atoms with Gasteiger partial charge in [0.05, 0.1) is 11.9 Å². The van der Waals surface area contributed by atoms with Gasteiger partial charge in [0.15, 0.2) is 0 Å². The van der Waals surface area contributed by atoms with Crippen molar-refractivity contribution in [3.8, 4) is 5.69 Å². The maximum absolute atomic E-state index is 11.1. The zero-order valence-corrected chi connectivity index (χ0v) is 9.88. The van der Waals surface area contributed by atoms with Crippen LogP contribution in [0.3, 0.4) is 0 Å². The molecule has 0 radical (unpaired) electrons. The molecule has 15 heavy (non-hydrogen) atoms. The maximum Gasteiger partial charge on any atom is 0.267 e. The van der Waals surface area contributed by atoms with E-state index in [-0.39, 0.29) is 0 Å². The molecule has 0 spiro atoms. The molecule has 2 aromatic rings. The summed E-state index contributed by atoms with van der Waals surface area (Å²) in [4.78, 5) is 11.1. The highest BCUT2D eigenvalue weighted by atomic mass is 127. The second kappa shape index (κ2) is 4.01. The molecule has 2 rings (SSSR count). The molecular weight excluding hydrogens is 305 g/mol. The number of nitrogens with two attached hydrogens (primary N) is 1. The van der Waals surface area contributed by atoms with Gasteiger partial charge in [-0.05, 0) is 40.8 Å². The van der Waals surface area contributed by atoms with E-state index in [4.69, 9.17) is 5.73 Å². The molecule has 0 bridgehead atoms. The maximum atomic E-state index is 11.1. The predicted octanol–water partition coefficient (Wildman–Crippen LogP) is 1.58. The zero-order chi connectivity index (χ0) is 10.8. The topological polar surface area (TPSA) is 60.9 Å². The molecule has 0 aliphatic carbocycles. The first-order valence-corrected chi connectivity index (χ1v) is 5.37. The van der Waals surface area contributed by atoms with Crippen LogP contribution in [0.25, 0.3) is 5.69 Å². The van der Waals surface area contributed by atoms with Crippen molar-refractivity contribution in [1.29, 1.82) is 0 Å². The Morgan fingerprint density at radius 3 is 2.73 bits per heavy atom. The molecule has 0 unspecified atom stereocenters. The molecule has 4 nitrogen and oxygen atoms in total. The molecule has 76 valence electrons. The van der Waals surface area contributed by atoms with Gasteiger partial charge in [0.2, 0.25) is 0 Å². The SMILES string of the molecule is NC(=O)c1ccnn1-c1ccccc1I. The van der Waals surface area contributed by atoms with Crippen molar-refractivity contribution < 1.29 is 4.79 Å². The van der Waals surface area contributed by atoms with Gasteiger partial charge in [-0.2, -0.15) is 5.10 Å². The summed E-state index contributed by atoms with van der Waals surface area (Å²) in [6, 6.07) is 9.26. The second-order valence-corrected chi connectivity index (χ2v) is 4.11. The van der Waals surface area contributed by atoms with Crippen LogP contribution in [0.5, 0.6) is 0 Å². The minimum absolute atomic E-state index is 0.388. The fourth-order valence-electron chi connectivity index (χ4n) is 1.31. The molecule has 1 aromatic carbocycles. The van der Waals surface area contributed by atoms with Gasteiger partial charge in [0.25, 0.3) is 5.91 Å². The van der Waals surface area contributed by atoms with Gasteiger partial charge in [0.1, 0.15) is 5.69 Å². The fourth-order valence-corrected chi connectivity index (χ4v) is 1.92. The number of carbonyl (C=O) groups is 1. The molecule has 0 aliphatic rings. The third kappa shape index (κ3) is 1.87. The summed E-state index contributed by atoms with van der Waals surface area (Å²) in [5.74, 6) is -0.479. The second-order valence-electron chi connectivity index (χ2n) is 2.94. The number of carbonyl (C=O) groups excluding carboxylic acids is 1. The number of rotatable bonds is 2. The van der Waals surface area contributed by atoms with Gasteiger partial charge in [-0.25, -0.2) is 4.68 Å². The Labute approximate surface area is 100 Å². The van der Waals surface area contributed by atoms with Crippen LogP contribution in [-0.4, -0.2) is 15.7 Å². The molecule has 0 saturated carbocycles. The molecule has 2 N–H and O–H groups in total. The summed E-state index contributed by atoms with van der Waals surface area (Å²) in [6.07, 6.45) is 1.56. The highest BCUT2D eigenvalue weighted by Gasteiger charge is 2.11. The lowest BCUT2D eigenvalue weighted by atomic mass is 10.3. The van der Waals surface area contributed by atoms with E-state index < -0.39 is 5.91 Å². The van der Waals surface area contributed by atoms with E-state index in [1.54, 1.807) is 16.9 Å². The number of amides is 1. The van der Waals surface area contributed by atoms with Crippen molar-refractivity contribution >= 4 is 28.5 Å². The van der Waals surface area contributed by atoms with Crippen LogP contribution in [0.2, 0.25) is 0 Å². The molecule has 1 heterocycles.